The fourth-order valence-electron chi connectivity index (χ4n) is 2.04. The largest absolute Gasteiger partial charge is 0.304 e. The molecule has 1 nitrogen and oxygen atoms in total. The molecule has 0 aliphatic heterocycles. The molecule has 166 valence electrons. The normalized spacial score (nSPS) is 11.4. The van der Waals surface area contributed by atoms with Crippen LogP contribution in [0.2, 0.25) is 0 Å². The van der Waals surface area contributed by atoms with Gasteiger partial charge in [0.1, 0.15) is 0 Å². The summed E-state index contributed by atoms with van der Waals surface area (Å²) in [4.78, 5) is 3.25. The maximum atomic E-state index is 3.25. The summed E-state index contributed by atoms with van der Waals surface area (Å²) in [6, 6.07) is 8.96. The second-order valence-corrected chi connectivity index (χ2v) is 7.56. The molecule has 28 heavy (non-hydrogen) atoms. The van der Waals surface area contributed by atoms with E-state index in [1.165, 1.54) is 68.9 Å². The van der Waals surface area contributed by atoms with Gasteiger partial charge in [0.2, 0.25) is 0 Å². The zero-order chi connectivity index (χ0) is 22.2. The summed E-state index contributed by atoms with van der Waals surface area (Å²) in [5.74, 6) is 2.02. The molecule has 0 aromatic heterocycles. The van der Waals surface area contributed by atoms with Crippen LogP contribution in [0.15, 0.2) is 29.3 Å². The van der Waals surface area contributed by atoms with Crippen molar-refractivity contribution in [3.8, 4) is 0 Å². The molecule has 0 bridgehead atoms. The molecule has 2 rings (SSSR count). The third-order valence-electron chi connectivity index (χ3n) is 4.79. The summed E-state index contributed by atoms with van der Waals surface area (Å²) in [5.41, 5.74) is 2.87. The van der Waals surface area contributed by atoms with E-state index in [4.69, 9.17) is 0 Å². The Labute approximate surface area is 179 Å². The van der Waals surface area contributed by atoms with Gasteiger partial charge in [0, 0.05) is 7.05 Å². The number of aliphatic imine (C=N–C) groups is 1. The van der Waals surface area contributed by atoms with Crippen LogP contribution < -0.4 is 0 Å². The Morgan fingerprint density at radius 2 is 1.39 bits per heavy atom. The van der Waals surface area contributed by atoms with Gasteiger partial charge in [0.25, 0.3) is 0 Å². The highest BCUT2D eigenvalue weighted by molar-refractivity contribution is 5.22. The molecule has 0 heterocycles. The minimum absolute atomic E-state index is 0.935. The van der Waals surface area contributed by atoms with Crippen LogP contribution in [0.1, 0.15) is 111 Å². The lowest BCUT2D eigenvalue weighted by Crippen LogP contribution is -1.86. The molecule has 1 aromatic carbocycles. The van der Waals surface area contributed by atoms with E-state index in [1.807, 2.05) is 13.8 Å². The van der Waals surface area contributed by atoms with Gasteiger partial charge >= 0.3 is 0 Å². The van der Waals surface area contributed by atoms with Crippen molar-refractivity contribution in [2.45, 2.75) is 113 Å². The van der Waals surface area contributed by atoms with Gasteiger partial charge < -0.3 is 4.99 Å². The quantitative estimate of drug-likeness (QED) is 0.410. The first kappa shape index (κ1) is 31.6. The van der Waals surface area contributed by atoms with Crippen LogP contribution in [-0.4, -0.2) is 13.8 Å². The fraction of sp³-hybridized carbons (Fsp3) is 0.741. The zero-order valence-electron chi connectivity index (χ0n) is 21.0. The third-order valence-corrected chi connectivity index (χ3v) is 4.79. The maximum absolute atomic E-state index is 3.25. The summed E-state index contributed by atoms with van der Waals surface area (Å²) < 4.78 is 0. The zero-order valence-corrected chi connectivity index (χ0v) is 21.0. The molecule has 0 atom stereocenters. The van der Waals surface area contributed by atoms with Gasteiger partial charge in [-0.05, 0) is 43.9 Å². The van der Waals surface area contributed by atoms with E-state index in [0.29, 0.717) is 0 Å². The second kappa shape index (κ2) is 25.9. The molecule has 0 amide bonds. The Hall–Kier alpha value is -1.11. The van der Waals surface area contributed by atoms with Gasteiger partial charge in [-0.15, -0.1) is 0 Å². The fourth-order valence-corrected chi connectivity index (χ4v) is 2.04. The Morgan fingerprint density at radius 3 is 1.68 bits per heavy atom. The summed E-state index contributed by atoms with van der Waals surface area (Å²) in [7, 11) is 1.64. The van der Waals surface area contributed by atoms with Crippen LogP contribution >= 0.6 is 0 Å². The minimum atomic E-state index is 0.935. The van der Waals surface area contributed by atoms with E-state index in [-0.39, 0.29) is 0 Å². The molecule has 1 aliphatic carbocycles. The van der Waals surface area contributed by atoms with E-state index in [0.717, 1.165) is 11.8 Å². The van der Waals surface area contributed by atoms with E-state index >= 15 is 0 Å². The van der Waals surface area contributed by atoms with Crippen LogP contribution in [-0.2, 0) is 6.42 Å². The Morgan fingerprint density at radius 1 is 0.964 bits per heavy atom. The van der Waals surface area contributed by atoms with Gasteiger partial charge in [0.05, 0.1) is 0 Å². The van der Waals surface area contributed by atoms with Crippen molar-refractivity contribution >= 4 is 6.72 Å². The van der Waals surface area contributed by atoms with Crippen molar-refractivity contribution in [1.29, 1.82) is 0 Å². The molecule has 1 aromatic rings. The summed E-state index contributed by atoms with van der Waals surface area (Å²) in [5, 5.41) is 0. The van der Waals surface area contributed by atoms with Gasteiger partial charge in [-0.3, -0.25) is 0 Å². The standard InChI is InChI=1S/C13H18.C6H14.C4H10.C2H5N.C2H6/c1-11-5-7-12(8-6-11)3-2-4-13-9-10-13;1-4-6(3)5-2;1-3-4-2;1-3-2;1-2/h5-8,13H,2-4,9-10H2,1H3;6H,4-5H2,1-3H3;3-4H2,1-2H3;1H2,2H3;1-2H3. The molecular weight excluding hydrogens is 338 g/mol. The lowest BCUT2D eigenvalue weighted by molar-refractivity contribution is 0.544. The highest BCUT2D eigenvalue weighted by atomic mass is 14.6. The monoisotopic (exact) mass is 391 g/mol. The Balaban J connectivity index is -0.000000351. The van der Waals surface area contributed by atoms with Crippen molar-refractivity contribution < 1.29 is 0 Å². The topological polar surface area (TPSA) is 12.4 Å². The molecule has 0 saturated heterocycles. The van der Waals surface area contributed by atoms with Crippen LogP contribution in [0.25, 0.3) is 0 Å². The predicted octanol–water partition coefficient (Wildman–Crippen LogP) is 9.32. The summed E-state index contributed by atoms with van der Waals surface area (Å²) in [6.45, 7) is 20.4. The number of aryl methyl sites for hydroxylation is 2. The van der Waals surface area contributed by atoms with Crippen molar-refractivity contribution in [2.75, 3.05) is 7.05 Å². The first-order chi connectivity index (χ1) is 13.5. The molecule has 1 fully saturated rings. The van der Waals surface area contributed by atoms with E-state index < -0.39 is 0 Å². The molecule has 1 saturated carbocycles. The molecule has 0 radical (unpaired) electrons. The molecule has 0 spiro atoms. The SMILES string of the molecule is C=NC.CC.CCC(C)CC.CCCC.Cc1ccc(CCCC2CC2)cc1. The van der Waals surface area contributed by atoms with Crippen molar-refractivity contribution in [1.82, 2.24) is 0 Å². The van der Waals surface area contributed by atoms with E-state index in [1.54, 1.807) is 7.05 Å². The number of nitrogens with zero attached hydrogens (tertiary/aromatic N) is 1. The smallest absolute Gasteiger partial charge is 0.0269 e. The number of benzene rings is 1. The van der Waals surface area contributed by atoms with Gasteiger partial charge in [-0.25, -0.2) is 0 Å². The van der Waals surface area contributed by atoms with Crippen molar-refractivity contribution in [2.24, 2.45) is 16.8 Å². The Bertz CT molecular complexity index is 383. The number of hydrogen-bond acceptors (Lipinski definition) is 1. The van der Waals surface area contributed by atoms with Crippen LogP contribution in [0.5, 0.6) is 0 Å². The lowest BCUT2D eigenvalue weighted by Gasteiger charge is -2.00. The molecule has 1 heteroatoms. The molecule has 1 aliphatic rings. The van der Waals surface area contributed by atoms with Crippen molar-refractivity contribution in [3.63, 3.8) is 0 Å². The van der Waals surface area contributed by atoms with Crippen LogP contribution in [0.3, 0.4) is 0 Å². The Kier molecular flexibility index (Phi) is 29.2. The van der Waals surface area contributed by atoms with Crippen LogP contribution in [0, 0.1) is 18.8 Å². The minimum Gasteiger partial charge on any atom is -0.304 e. The van der Waals surface area contributed by atoms with Gasteiger partial charge in [0.15, 0.2) is 0 Å². The molecule has 0 N–H and O–H groups in total. The van der Waals surface area contributed by atoms with Crippen molar-refractivity contribution in [3.05, 3.63) is 35.4 Å². The second-order valence-electron chi connectivity index (χ2n) is 7.56. The summed E-state index contributed by atoms with van der Waals surface area (Å²) >= 11 is 0. The first-order valence-electron chi connectivity index (χ1n) is 11.9. The number of rotatable bonds is 7. The number of unbranched alkanes of at least 4 members (excludes halogenated alkanes) is 1. The average Bonchev–Trinajstić information content (AvgIpc) is 3.56. The average molecular weight is 392 g/mol. The van der Waals surface area contributed by atoms with Gasteiger partial charge in [-0.1, -0.05) is 123 Å². The highest BCUT2D eigenvalue weighted by Crippen LogP contribution is 2.33. The predicted molar refractivity (Wildman–Crippen MR) is 134 cm³/mol. The summed E-state index contributed by atoms with van der Waals surface area (Å²) in [6.07, 6.45) is 12.4. The highest BCUT2D eigenvalue weighted by Gasteiger charge is 2.19. The number of hydrogen-bond donors (Lipinski definition) is 0. The van der Waals surface area contributed by atoms with E-state index in [9.17, 15) is 0 Å². The maximum Gasteiger partial charge on any atom is 0.0269 e. The molecule has 0 unspecified atom stereocenters. The lowest BCUT2D eigenvalue weighted by atomic mass is 10.1. The van der Waals surface area contributed by atoms with Crippen LogP contribution in [0.4, 0.5) is 0 Å². The van der Waals surface area contributed by atoms with E-state index in [2.05, 4.69) is 77.5 Å². The third kappa shape index (κ3) is 27.1. The first-order valence-corrected chi connectivity index (χ1v) is 11.9. The van der Waals surface area contributed by atoms with Gasteiger partial charge in [-0.2, -0.15) is 0 Å². The molecular formula is C27H53N.